The van der Waals surface area contributed by atoms with Crippen molar-refractivity contribution in [3.63, 3.8) is 0 Å². The molecular formula is C34H46N6O6S. The Kier molecular flexibility index (Phi) is 11.8. The number of nitrogens with two attached hydrogens (primary N) is 1. The van der Waals surface area contributed by atoms with Gasteiger partial charge in [0.15, 0.2) is 5.58 Å². The van der Waals surface area contributed by atoms with E-state index in [0.717, 1.165) is 37.8 Å². The molecule has 0 bridgehead atoms. The molecule has 0 saturated carbocycles. The van der Waals surface area contributed by atoms with Gasteiger partial charge in [-0.15, -0.1) is 0 Å². The number of fused-ring (bicyclic) bond motifs is 1. The molecular weight excluding hydrogens is 620 g/mol. The molecule has 0 radical (unpaired) electrons. The Morgan fingerprint density at radius 3 is 2.43 bits per heavy atom. The number of hydrogen-bond acceptors (Lipinski definition) is 9. The number of nitrogens with zero attached hydrogens (tertiary/aromatic N) is 2. The highest BCUT2D eigenvalue weighted by Gasteiger charge is 2.45. The van der Waals surface area contributed by atoms with Crippen LogP contribution in [0.3, 0.4) is 0 Å². The van der Waals surface area contributed by atoms with Gasteiger partial charge in [-0.25, -0.2) is 18.1 Å². The van der Waals surface area contributed by atoms with Gasteiger partial charge in [-0.3, -0.25) is 14.4 Å². The van der Waals surface area contributed by atoms with Crippen molar-refractivity contribution >= 4 is 38.7 Å². The summed E-state index contributed by atoms with van der Waals surface area (Å²) in [6, 6.07) is 13.6. The Morgan fingerprint density at radius 1 is 1.00 bits per heavy atom. The third-order valence-electron chi connectivity index (χ3n) is 9.24. The lowest BCUT2D eigenvalue weighted by Crippen LogP contribution is -2.56. The fraction of sp³-hybridized carbons (Fsp3) is 0.529. The summed E-state index contributed by atoms with van der Waals surface area (Å²) in [4.78, 5) is 48.2. The predicted octanol–water partition coefficient (Wildman–Crippen LogP) is 2.71. The van der Waals surface area contributed by atoms with Crippen LogP contribution in [0.5, 0.6) is 0 Å². The molecule has 2 aromatic carbocycles. The molecule has 47 heavy (non-hydrogen) atoms. The van der Waals surface area contributed by atoms with E-state index >= 15 is 0 Å². The maximum atomic E-state index is 14.3. The minimum atomic E-state index is -3.72. The number of carbonyl (C=O) groups excluding carboxylic acids is 3. The Morgan fingerprint density at radius 2 is 1.72 bits per heavy atom. The normalized spacial score (nSPS) is 20.3. The molecule has 2 aliphatic heterocycles. The van der Waals surface area contributed by atoms with Crippen LogP contribution in [0.2, 0.25) is 0 Å². The zero-order valence-corrected chi connectivity index (χ0v) is 27.7. The zero-order chi connectivity index (χ0) is 33.4. The lowest BCUT2D eigenvalue weighted by molar-refractivity contribution is -0.140. The Labute approximate surface area is 276 Å². The molecule has 3 heterocycles. The Bertz CT molecular complexity index is 1590. The summed E-state index contributed by atoms with van der Waals surface area (Å²) in [5.41, 5.74) is 7.62. The highest BCUT2D eigenvalue weighted by molar-refractivity contribution is 7.88. The molecule has 13 heteroatoms. The van der Waals surface area contributed by atoms with Crippen LogP contribution in [-0.4, -0.2) is 86.5 Å². The van der Waals surface area contributed by atoms with E-state index in [0.29, 0.717) is 62.1 Å². The van der Waals surface area contributed by atoms with Crippen molar-refractivity contribution in [2.24, 2.45) is 11.7 Å². The van der Waals surface area contributed by atoms with Gasteiger partial charge in [-0.2, -0.15) is 0 Å². The number of sulfonamides is 1. The second-order valence-corrected chi connectivity index (χ2v) is 14.5. The van der Waals surface area contributed by atoms with Crippen LogP contribution >= 0.6 is 0 Å². The lowest BCUT2D eigenvalue weighted by atomic mass is 9.90. The first-order chi connectivity index (χ1) is 22.6. The number of amides is 2. The fourth-order valence-electron chi connectivity index (χ4n) is 6.82. The maximum Gasteiger partial charge on any atom is 0.266 e. The number of unbranched alkanes of at least 4 members (excludes halogenated alkanes) is 1. The van der Waals surface area contributed by atoms with Gasteiger partial charge in [0, 0.05) is 12.5 Å². The minimum Gasteiger partial charge on any atom is -0.434 e. The molecule has 0 aliphatic carbocycles. The number of piperidine rings is 1. The molecule has 5 rings (SSSR count). The van der Waals surface area contributed by atoms with Gasteiger partial charge >= 0.3 is 0 Å². The van der Waals surface area contributed by atoms with E-state index in [1.54, 1.807) is 24.3 Å². The van der Waals surface area contributed by atoms with E-state index in [-0.39, 0.29) is 18.4 Å². The molecule has 2 saturated heterocycles. The number of carbonyl (C=O) groups is 3. The highest BCUT2D eigenvalue weighted by Crippen LogP contribution is 2.35. The van der Waals surface area contributed by atoms with Crippen LogP contribution in [0.25, 0.3) is 11.1 Å². The molecule has 0 unspecified atom stereocenters. The Hall–Kier alpha value is -3.65. The molecule has 254 valence electrons. The number of para-hydroxylation sites is 2. The summed E-state index contributed by atoms with van der Waals surface area (Å²) in [6.45, 7) is 2.49. The zero-order valence-electron chi connectivity index (χ0n) is 26.9. The van der Waals surface area contributed by atoms with Crippen molar-refractivity contribution in [3.8, 4) is 0 Å². The van der Waals surface area contributed by atoms with Gasteiger partial charge in [0.1, 0.15) is 17.6 Å². The van der Waals surface area contributed by atoms with E-state index < -0.39 is 45.7 Å². The van der Waals surface area contributed by atoms with Crippen molar-refractivity contribution in [1.29, 1.82) is 0 Å². The topological polar surface area (TPSA) is 177 Å². The summed E-state index contributed by atoms with van der Waals surface area (Å²) in [7, 11) is -3.72. The van der Waals surface area contributed by atoms with Crippen molar-refractivity contribution < 1.29 is 27.2 Å². The average molecular weight is 667 g/mol. The van der Waals surface area contributed by atoms with Crippen molar-refractivity contribution in [2.45, 2.75) is 75.4 Å². The number of likely N-dealkylation sites (tertiary alicyclic amines) is 1. The third kappa shape index (κ3) is 9.04. The van der Waals surface area contributed by atoms with Gasteiger partial charge in [0.2, 0.25) is 27.6 Å². The van der Waals surface area contributed by atoms with Crippen LogP contribution in [-0.2, 0) is 19.6 Å². The minimum absolute atomic E-state index is 0.0986. The van der Waals surface area contributed by atoms with Gasteiger partial charge < -0.3 is 25.7 Å². The first-order valence-corrected chi connectivity index (χ1v) is 18.5. The smallest absolute Gasteiger partial charge is 0.266 e. The third-order valence-corrected chi connectivity index (χ3v) is 9.95. The quantitative estimate of drug-likeness (QED) is 0.140. The van der Waals surface area contributed by atoms with Crippen LogP contribution in [0.1, 0.15) is 73.5 Å². The SMILES string of the molecule is CS(=O)(=O)N[C@H](CCC1CCNCC1)C(=O)N1CC[C@H](c2ccccc2)[C@H]1C(=O)N[C@@H](CCCCN)C(=O)c1nc2ccccc2o1. The van der Waals surface area contributed by atoms with Gasteiger partial charge in [-0.05, 0) is 94.6 Å². The number of aromatic nitrogens is 1. The van der Waals surface area contributed by atoms with Gasteiger partial charge in [0.05, 0.1) is 12.3 Å². The van der Waals surface area contributed by atoms with Crippen LogP contribution in [0.15, 0.2) is 59.0 Å². The lowest BCUT2D eigenvalue weighted by Gasteiger charge is -2.32. The van der Waals surface area contributed by atoms with E-state index in [1.807, 2.05) is 30.3 Å². The standard InChI is InChI=1S/C34H46N6O6S/c1-47(44,45)39-28(15-14-23-16-20-36-21-17-23)34(43)40-22-18-25(24-9-3-2-4-10-24)30(40)32(42)37-27(12-7-8-19-35)31(41)33-38-26-11-5-6-13-29(26)46-33/h2-6,9-11,13,23,25,27-28,30,36,39H,7-8,12,14-22,35H2,1H3,(H,37,42)/t25-,27+,28-,30+/m1/s1. The second kappa shape index (κ2) is 16.0. The van der Waals surface area contributed by atoms with Gasteiger partial charge in [-0.1, -0.05) is 42.5 Å². The Balaban J connectivity index is 1.42. The maximum absolute atomic E-state index is 14.3. The molecule has 12 nitrogen and oxygen atoms in total. The number of hydrogen-bond donors (Lipinski definition) is 4. The first kappa shape index (κ1) is 34.7. The largest absolute Gasteiger partial charge is 0.434 e. The molecule has 1 aromatic heterocycles. The number of nitrogens with one attached hydrogen (secondary N) is 3. The summed E-state index contributed by atoms with van der Waals surface area (Å²) in [6.07, 6.45) is 6.04. The summed E-state index contributed by atoms with van der Waals surface area (Å²) in [5.74, 6) is -1.45. The molecule has 2 amide bonds. The van der Waals surface area contributed by atoms with Crippen molar-refractivity contribution in [2.75, 3.05) is 32.4 Å². The molecule has 4 atom stereocenters. The number of rotatable bonds is 15. The number of benzene rings is 2. The molecule has 2 fully saturated rings. The predicted molar refractivity (Wildman–Crippen MR) is 179 cm³/mol. The molecule has 5 N–H and O–H groups in total. The van der Waals surface area contributed by atoms with Crippen molar-refractivity contribution in [1.82, 2.24) is 25.2 Å². The van der Waals surface area contributed by atoms with Crippen LogP contribution in [0, 0.1) is 5.92 Å². The second-order valence-electron chi connectivity index (χ2n) is 12.7. The van der Waals surface area contributed by atoms with E-state index in [4.69, 9.17) is 10.2 Å². The van der Waals surface area contributed by atoms with E-state index in [1.165, 1.54) is 4.90 Å². The number of oxazole rings is 1. The first-order valence-electron chi connectivity index (χ1n) is 16.6. The number of Topliss-reactive ketones (excluding diaryl/α,β-unsaturated/α-hetero) is 1. The summed E-state index contributed by atoms with van der Waals surface area (Å²) < 4.78 is 33.2. The fourth-order valence-corrected chi connectivity index (χ4v) is 7.56. The van der Waals surface area contributed by atoms with E-state index in [9.17, 15) is 22.8 Å². The monoisotopic (exact) mass is 666 g/mol. The molecule has 0 spiro atoms. The molecule has 3 aromatic rings. The summed E-state index contributed by atoms with van der Waals surface area (Å²) >= 11 is 0. The van der Waals surface area contributed by atoms with Crippen LogP contribution < -0.4 is 21.1 Å². The highest BCUT2D eigenvalue weighted by atomic mass is 32.2. The summed E-state index contributed by atoms with van der Waals surface area (Å²) in [5, 5.41) is 6.28. The van der Waals surface area contributed by atoms with Gasteiger partial charge in [0.25, 0.3) is 5.89 Å². The van der Waals surface area contributed by atoms with Crippen molar-refractivity contribution in [3.05, 3.63) is 66.1 Å². The molecule has 2 aliphatic rings. The van der Waals surface area contributed by atoms with Crippen LogP contribution in [0.4, 0.5) is 0 Å². The number of ketones is 1. The van der Waals surface area contributed by atoms with E-state index in [2.05, 4.69) is 20.3 Å². The average Bonchev–Trinajstić information content (AvgIpc) is 3.71.